The lowest BCUT2D eigenvalue weighted by atomic mass is 9.61. The zero-order valence-corrected chi connectivity index (χ0v) is 13.6. The fourth-order valence-corrected chi connectivity index (χ4v) is 4.32. The smallest absolute Gasteiger partial charge is 0.255 e. The molecule has 0 saturated heterocycles. The van der Waals surface area contributed by atoms with E-state index in [0.29, 0.717) is 17.7 Å². The number of hydrogen-bond donors (Lipinski definition) is 4. The highest BCUT2D eigenvalue weighted by molar-refractivity contribution is 6.24. The van der Waals surface area contributed by atoms with Gasteiger partial charge in [0, 0.05) is 29.7 Å². The van der Waals surface area contributed by atoms with E-state index < -0.39 is 52.0 Å². The number of primary amides is 1. The highest BCUT2D eigenvalue weighted by atomic mass is 16.3. The van der Waals surface area contributed by atoms with Crippen molar-refractivity contribution in [3.05, 3.63) is 52.3 Å². The van der Waals surface area contributed by atoms with Gasteiger partial charge in [-0.3, -0.25) is 19.4 Å². The molecule has 1 aromatic rings. The molecule has 1 aromatic heterocycles. The molecule has 0 bridgehead atoms. The number of carbonyl (C=O) groups is 3. The Morgan fingerprint density at radius 2 is 2.00 bits per heavy atom. The summed E-state index contributed by atoms with van der Waals surface area (Å²) in [4.78, 5) is 41.2. The average Bonchev–Trinajstić information content (AvgIpc) is 2.58. The Kier molecular flexibility index (Phi) is 3.32. The van der Waals surface area contributed by atoms with Crippen molar-refractivity contribution in [3.8, 4) is 0 Å². The lowest BCUT2D eigenvalue weighted by Crippen LogP contribution is -2.57. The molecule has 0 radical (unpaired) electrons. The van der Waals surface area contributed by atoms with Crippen LogP contribution in [-0.2, 0) is 16.0 Å². The second kappa shape index (κ2) is 5.25. The minimum Gasteiger partial charge on any atom is -0.511 e. The first-order chi connectivity index (χ1) is 12.3. The fourth-order valence-electron chi connectivity index (χ4n) is 4.32. The molecule has 0 spiro atoms. The van der Waals surface area contributed by atoms with Crippen LogP contribution in [-0.4, -0.2) is 43.4 Å². The Bertz CT molecular complexity index is 947. The summed E-state index contributed by atoms with van der Waals surface area (Å²) in [6, 6.07) is 3.16. The normalized spacial score (nSPS) is 30.7. The second-order valence-corrected chi connectivity index (χ2v) is 6.91. The fraction of sp³-hybridized carbons (Fsp3) is 0.333. The number of carbonyl (C=O) groups excluding carboxylic acids is 3. The number of Topliss-reactive ketones (excluding diaryl/α,β-unsaturated/α-hetero) is 2. The molecule has 0 fully saturated rings. The summed E-state index contributed by atoms with van der Waals surface area (Å²) in [6.07, 6.45) is 1.92. The van der Waals surface area contributed by atoms with E-state index in [1.807, 2.05) is 0 Å². The van der Waals surface area contributed by atoms with Crippen LogP contribution in [0.4, 0.5) is 0 Å². The molecule has 0 unspecified atom stereocenters. The molecule has 5 N–H and O–H groups in total. The molecular formula is C18H16N2O6. The zero-order chi connectivity index (χ0) is 18.8. The van der Waals surface area contributed by atoms with Crippen molar-refractivity contribution in [2.24, 2.45) is 17.6 Å². The highest BCUT2D eigenvalue weighted by Gasteiger charge is 2.59. The number of amides is 1. The maximum Gasteiger partial charge on any atom is 0.255 e. The van der Waals surface area contributed by atoms with Gasteiger partial charge in [-0.25, -0.2) is 0 Å². The highest BCUT2D eigenvalue weighted by Crippen LogP contribution is 2.50. The minimum atomic E-state index is -2.45. The standard InChI is InChI=1S/C18H16N2O6/c19-17(25)13-11(21)6-8-4-7-5-10-9(2-1-3-20-10)14(22)12(7)15(23)18(8,26)16(13)24/h1-3,7-8,21,23,26H,4-6H2,(H2,19,25)/t7-,8+,18+/m1/s1. The van der Waals surface area contributed by atoms with E-state index in [1.165, 1.54) is 0 Å². The Morgan fingerprint density at radius 3 is 2.69 bits per heavy atom. The third-order valence-electron chi connectivity index (χ3n) is 5.55. The molecule has 1 heterocycles. The number of ketones is 2. The summed E-state index contributed by atoms with van der Waals surface area (Å²) >= 11 is 0. The monoisotopic (exact) mass is 356 g/mol. The number of nitrogens with zero attached hydrogens (tertiary/aromatic N) is 1. The van der Waals surface area contributed by atoms with Crippen LogP contribution in [0.2, 0.25) is 0 Å². The molecule has 8 nitrogen and oxygen atoms in total. The van der Waals surface area contributed by atoms with Crippen molar-refractivity contribution in [3.63, 3.8) is 0 Å². The van der Waals surface area contributed by atoms with Crippen molar-refractivity contribution in [2.45, 2.75) is 24.9 Å². The van der Waals surface area contributed by atoms with Crippen LogP contribution < -0.4 is 5.73 Å². The van der Waals surface area contributed by atoms with E-state index in [1.54, 1.807) is 18.3 Å². The average molecular weight is 356 g/mol. The molecule has 0 aromatic carbocycles. The third kappa shape index (κ3) is 1.93. The largest absolute Gasteiger partial charge is 0.511 e. The molecule has 0 aliphatic heterocycles. The first kappa shape index (κ1) is 16.5. The van der Waals surface area contributed by atoms with Crippen molar-refractivity contribution in [1.82, 2.24) is 4.98 Å². The van der Waals surface area contributed by atoms with E-state index >= 15 is 0 Å². The van der Waals surface area contributed by atoms with Gasteiger partial charge in [0.2, 0.25) is 5.78 Å². The lowest BCUT2D eigenvalue weighted by molar-refractivity contribution is -0.144. The summed E-state index contributed by atoms with van der Waals surface area (Å²) in [6.45, 7) is 0. The molecule has 8 heteroatoms. The van der Waals surface area contributed by atoms with Gasteiger partial charge in [0.1, 0.15) is 17.1 Å². The second-order valence-electron chi connectivity index (χ2n) is 6.91. The molecule has 3 aliphatic rings. The Morgan fingerprint density at radius 1 is 1.27 bits per heavy atom. The zero-order valence-electron chi connectivity index (χ0n) is 13.6. The maximum absolute atomic E-state index is 12.8. The molecule has 134 valence electrons. The van der Waals surface area contributed by atoms with E-state index in [0.717, 1.165) is 0 Å². The van der Waals surface area contributed by atoms with Gasteiger partial charge in [0.05, 0.1) is 5.69 Å². The van der Waals surface area contributed by atoms with Gasteiger partial charge in [-0.05, 0) is 30.9 Å². The third-order valence-corrected chi connectivity index (χ3v) is 5.55. The number of fused-ring (bicyclic) bond motifs is 3. The van der Waals surface area contributed by atoms with E-state index in [9.17, 15) is 29.7 Å². The van der Waals surface area contributed by atoms with Gasteiger partial charge in [0.15, 0.2) is 11.4 Å². The van der Waals surface area contributed by atoms with Crippen LogP contribution in [0.5, 0.6) is 0 Å². The van der Waals surface area contributed by atoms with Crippen LogP contribution in [0, 0.1) is 11.8 Å². The Balaban J connectivity index is 1.90. The van der Waals surface area contributed by atoms with E-state index in [2.05, 4.69) is 4.98 Å². The summed E-state index contributed by atoms with van der Waals surface area (Å²) in [7, 11) is 0. The molecule has 3 aliphatic carbocycles. The number of pyridine rings is 1. The molecule has 3 atom stereocenters. The predicted molar refractivity (Wildman–Crippen MR) is 86.9 cm³/mol. The van der Waals surface area contributed by atoms with Gasteiger partial charge in [-0.1, -0.05) is 0 Å². The first-order valence-corrected chi connectivity index (χ1v) is 8.18. The van der Waals surface area contributed by atoms with Crippen LogP contribution >= 0.6 is 0 Å². The molecule has 0 saturated carbocycles. The van der Waals surface area contributed by atoms with Crippen LogP contribution in [0.1, 0.15) is 28.9 Å². The molecule has 26 heavy (non-hydrogen) atoms. The number of hydrogen-bond acceptors (Lipinski definition) is 7. The SMILES string of the molecule is NC(=O)C1=C(O)C[C@@H]2C[C@@H]3Cc4ncccc4C(=O)C3=C(O)[C@]2(O)C1=O. The summed E-state index contributed by atoms with van der Waals surface area (Å²) in [5.41, 5.74) is 2.81. The minimum absolute atomic E-state index is 0.0391. The summed E-state index contributed by atoms with van der Waals surface area (Å²) in [5, 5.41) is 31.7. The van der Waals surface area contributed by atoms with Gasteiger partial charge in [-0.2, -0.15) is 0 Å². The van der Waals surface area contributed by atoms with Gasteiger partial charge in [0.25, 0.3) is 5.91 Å². The number of aliphatic hydroxyl groups is 3. The number of allylic oxidation sites excluding steroid dienone is 2. The van der Waals surface area contributed by atoms with Crippen LogP contribution in [0.3, 0.4) is 0 Å². The van der Waals surface area contributed by atoms with Crippen molar-refractivity contribution in [2.75, 3.05) is 0 Å². The van der Waals surface area contributed by atoms with Gasteiger partial charge in [-0.15, -0.1) is 0 Å². The van der Waals surface area contributed by atoms with Gasteiger partial charge >= 0.3 is 0 Å². The van der Waals surface area contributed by atoms with E-state index in [-0.39, 0.29) is 18.4 Å². The number of aliphatic hydroxyl groups excluding tert-OH is 2. The maximum atomic E-state index is 12.8. The Labute approximate surface area is 147 Å². The molecule has 4 rings (SSSR count). The van der Waals surface area contributed by atoms with Crippen LogP contribution in [0.15, 0.2) is 41.0 Å². The molecular weight excluding hydrogens is 340 g/mol. The molecule has 1 amide bonds. The predicted octanol–water partition coefficient (Wildman–Crippen LogP) is 0.270. The summed E-state index contributed by atoms with van der Waals surface area (Å²) in [5.74, 6) is -5.43. The van der Waals surface area contributed by atoms with Crippen molar-refractivity contribution < 1.29 is 29.7 Å². The quantitative estimate of drug-likeness (QED) is 0.527. The van der Waals surface area contributed by atoms with Crippen LogP contribution in [0.25, 0.3) is 0 Å². The Hall–Kier alpha value is -3.00. The van der Waals surface area contributed by atoms with Crippen molar-refractivity contribution in [1.29, 1.82) is 0 Å². The number of aromatic nitrogens is 1. The van der Waals surface area contributed by atoms with E-state index in [4.69, 9.17) is 5.73 Å². The van der Waals surface area contributed by atoms with Gasteiger partial charge < -0.3 is 21.1 Å². The number of rotatable bonds is 1. The first-order valence-electron chi connectivity index (χ1n) is 8.18. The topological polar surface area (TPSA) is 151 Å². The number of nitrogens with two attached hydrogens (primary N) is 1. The summed E-state index contributed by atoms with van der Waals surface area (Å²) < 4.78 is 0. The lowest BCUT2D eigenvalue weighted by Gasteiger charge is -2.45. The van der Waals surface area contributed by atoms with Crippen molar-refractivity contribution >= 4 is 17.5 Å².